The standard InChI is InChI=1S/C17H14F2N2/c18-14-7-5-13(16(19)9-14)10-20-11-15-8-6-12-3-1-2-4-17(12)21-15/h1-9,20H,10-11H2. The number of rotatable bonds is 4. The van der Waals surface area contributed by atoms with E-state index in [0.29, 0.717) is 18.7 Å². The predicted octanol–water partition coefficient (Wildman–Crippen LogP) is 3.80. The molecule has 0 amide bonds. The van der Waals surface area contributed by atoms with Gasteiger partial charge in [0.05, 0.1) is 11.2 Å². The Morgan fingerprint density at radius 2 is 1.76 bits per heavy atom. The van der Waals surface area contributed by atoms with Gasteiger partial charge in [-0.05, 0) is 18.2 Å². The highest BCUT2D eigenvalue weighted by molar-refractivity contribution is 5.78. The molecule has 0 bridgehead atoms. The normalized spacial score (nSPS) is 11.0. The molecule has 1 heterocycles. The molecular formula is C17H14F2N2. The average molecular weight is 284 g/mol. The Labute approximate surface area is 121 Å². The SMILES string of the molecule is Fc1ccc(CNCc2ccc3ccccc3n2)c(F)c1. The third-order valence-corrected chi connectivity index (χ3v) is 3.29. The molecule has 4 heteroatoms. The first-order valence-corrected chi connectivity index (χ1v) is 6.72. The van der Waals surface area contributed by atoms with Crippen LogP contribution >= 0.6 is 0 Å². The Balaban J connectivity index is 1.66. The van der Waals surface area contributed by atoms with Gasteiger partial charge in [0, 0.05) is 30.1 Å². The summed E-state index contributed by atoms with van der Waals surface area (Å²) >= 11 is 0. The second-order valence-electron chi connectivity index (χ2n) is 4.83. The van der Waals surface area contributed by atoms with E-state index in [1.54, 1.807) is 0 Å². The lowest BCUT2D eigenvalue weighted by atomic mass is 10.2. The first kappa shape index (κ1) is 13.6. The van der Waals surface area contributed by atoms with Gasteiger partial charge in [-0.2, -0.15) is 0 Å². The summed E-state index contributed by atoms with van der Waals surface area (Å²) in [7, 11) is 0. The van der Waals surface area contributed by atoms with E-state index < -0.39 is 11.6 Å². The number of nitrogens with zero attached hydrogens (tertiary/aromatic N) is 1. The maximum Gasteiger partial charge on any atom is 0.130 e. The van der Waals surface area contributed by atoms with Crippen molar-refractivity contribution in [2.75, 3.05) is 0 Å². The molecule has 0 fully saturated rings. The highest BCUT2D eigenvalue weighted by Gasteiger charge is 2.04. The Hall–Kier alpha value is -2.33. The molecule has 3 aromatic rings. The quantitative estimate of drug-likeness (QED) is 0.788. The van der Waals surface area contributed by atoms with E-state index in [9.17, 15) is 8.78 Å². The zero-order valence-corrected chi connectivity index (χ0v) is 11.3. The van der Waals surface area contributed by atoms with Gasteiger partial charge in [-0.15, -0.1) is 0 Å². The maximum absolute atomic E-state index is 13.5. The molecule has 0 aliphatic heterocycles. The summed E-state index contributed by atoms with van der Waals surface area (Å²) in [6, 6.07) is 15.4. The minimum Gasteiger partial charge on any atom is -0.307 e. The van der Waals surface area contributed by atoms with E-state index in [1.165, 1.54) is 12.1 Å². The van der Waals surface area contributed by atoms with Crippen molar-refractivity contribution in [3.8, 4) is 0 Å². The fraction of sp³-hybridized carbons (Fsp3) is 0.118. The molecular weight excluding hydrogens is 270 g/mol. The number of halogens is 2. The number of aromatic nitrogens is 1. The summed E-state index contributed by atoms with van der Waals surface area (Å²) in [5.41, 5.74) is 2.26. The monoisotopic (exact) mass is 284 g/mol. The minimum absolute atomic E-state index is 0.334. The second kappa shape index (κ2) is 5.97. The molecule has 2 aromatic carbocycles. The highest BCUT2D eigenvalue weighted by atomic mass is 19.1. The fourth-order valence-corrected chi connectivity index (χ4v) is 2.20. The maximum atomic E-state index is 13.5. The summed E-state index contributed by atoms with van der Waals surface area (Å²) in [6.45, 7) is 0.863. The van der Waals surface area contributed by atoms with Crippen molar-refractivity contribution in [1.82, 2.24) is 10.3 Å². The predicted molar refractivity (Wildman–Crippen MR) is 78.6 cm³/mol. The third kappa shape index (κ3) is 3.23. The van der Waals surface area contributed by atoms with Gasteiger partial charge in [-0.1, -0.05) is 30.3 Å². The van der Waals surface area contributed by atoms with E-state index in [4.69, 9.17) is 0 Å². The van der Waals surface area contributed by atoms with Crippen LogP contribution in [0.3, 0.4) is 0 Å². The van der Waals surface area contributed by atoms with Gasteiger partial charge in [0.2, 0.25) is 0 Å². The molecule has 0 spiro atoms. The Bertz CT molecular complexity index is 772. The van der Waals surface area contributed by atoms with E-state index in [-0.39, 0.29) is 0 Å². The van der Waals surface area contributed by atoms with Crippen molar-refractivity contribution < 1.29 is 8.78 Å². The van der Waals surface area contributed by atoms with E-state index in [0.717, 1.165) is 22.7 Å². The number of fused-ring (bicyclic) bond motifs is 1. The van der Waals surface area contributed by atoms with Gasteiger partial charge in [0.15, 0.2) is 0 Å². The Morgan fingerprint density at radius 3 is 2.62 bits per heavy atom. The van der Waals surface area contributed by atoms with Crippen molar-refractivity contribution in [3.05, 3.63) is 77.5 Å². The Kier molecular flexibility index (Phi) is 3.88. The first-order valence-electron chi connectivity index (χ1n) is 6.72. The molecule has 21 heavy (non-hydrogen) atoms. The first-order chi connectivity index (χ1) is 10.2. The van der Waals surface area contributed by atoms with Crippen LogP contribution in [0.5, 0.6) is 0 Å². The van der Waals surface area contributed by atoms with Gasteiger partial charge in [-0.3, -0.25) is 4.98 Å². The number of para-hydroxylation sites is 1. The van der Waals surface area contributed by atoms with Crippen LogP contribution in [0.15, 0.2) is 54.6 Å². The molecule has 3 rings (SSSR count). The smallest absolute Gasteiger partial charge is 0.130 e. The van der Waals surface area contributed by atoms with Crippen LogP contribution in [0.4, 0.5) is 8.78 Å². The average Bonchev–Trinajstić information content (AvgIpc) is 2.49. The second-order valence-corrected chi connectivity index (χ2v) is 4.83. The number of nitrogens with one attached hydrogen (secondary N) is 1. The van der Waals surface area contributed by atoms with E-state index in [2.05, 4.69) is 10.3 Å². The zero-order valence-electron chi connectivity index (χ0n) is 11.3. The van der Waals surface area contributed by atoms with E-state index >= 15 is 0 Å². The highest BCUT2D eigenvalue weighted by Crippen LogP contribution is 2.12. The zero-order chi connectivity index (χ0) is 14.7. The summed E-state index contributed by atoms with van der Waals surface area (Å²) in [5.74, 6) is -1.10. The summed E-state index contributed by atoms with van der Waals surface area (Å²) in [5, 5.41) is 4.21. The molecule has 1 N–H and O–H groups in total. The number of hydrogen-bond acceptors (Lipinski definition) is 2. The number of pyridine rings is 1. The third-order valence-electron chi connectivity index (χ3n) is 3.29. The molecule has 0 radical (unpaired) electrons. The molecule has 1 aromatic heterocycles. The van der Waals surface area contributed by atoms with E-state index in [1.807, 2.05) is 36.4 Å². The Morgan fingerprint density at radius 1 is 0.905 bits per heavy atom. The molecule has 0 saturated heterocycles. The topological polar surface area (TPSA) is 24.9 Å². The van der Waals surface area contributed by atoms with Crippen LogP contribution in [-0.2, 0) is 13.1 Å². The minimum atomic E-state index is -0.563. The molecule has 0 saturated carbocycles. The van der Waals surface area contributed by atoms with Crippen molar-refractivity contribution in [2.24, 2.45) is 0 Å². The molecule has 0 atom stereocenters. The van der Waals surface area contributed by atoms with Gasteiger partial charge < -0.3 is 5.32 Å². The number of hydrogen-bond donors (Lipinski definition) is 1. The number of benzene rings is 2. The molecule has 0 aliphatic rings. The lowest BCUT2D eigenvalue weighted by Crippen LogP contribution is -2.14. The molecule has 0 aliphatic carbocycles. The van der Waals surface area contributed by atoms with Crippen molar-refractivity contribution in [2.45, 2.75) is 13.1 Å². The van der Waals surface area contributed by atoms with Crippen LogP contribution in [0.25, 0.3) is 10.9 Å². The van der Waals surface area contributed by atoms with Crippen LogP contribution < -0.4 is 5.32 Å². The van der Waals surface area contributed by atoms with Gasteiger partial charge in [0.1, 0.15) is 11.6 Å². The fourth-order valence-electron chi connectivity index (χ4n) is 2.20. The summed E-state index contributed by atoms with van der Waals surface area (Å²) < 4.78 is 26.3. The van der Waals surface area contributed by atoms with Gasteiger partial charge >= 0.3 is 0 Å². The van der Waals surface area contributed by atoms with Crippen LogP contribution in [-0.4, -0.2) is 4.98 Å². The largest absolute Gasteiger partial charge is 0.307 e. The molecule has 106 valence electrons. The van der Waals surface area contributed by atoms with Crippen LogP contribution in [0, 0.1) is 11.6 Å². The van der Waals surface area contributed by atoms with Crippen LogP contribution in [0.2, 0.25) is 0 Å². The van der Waals surface area contributed by atoms with Crippen molar-refractivity contribution >= 4 is 10.9 Å². The van der Waals surface area contributed by atoms with Crippen molar-refractivity contribution in [1.29, 1.82) is 0 Å². The lowest BCUT2D eigenvalue weighted by molar-refractivity contribution is 0.559. The van der Waals surface area contributed by atoms with Crippen molar-refractivity contribution in [3.63, 3.8) is 0 Å². The summed E-state index contributed by atoms with van der Waals surface area (Å²) in [6.07, 6.45) is 0. The lowest BCUT2D eigenvalue weighted by Gasteiger charge is -2.07. The molecule has 0 unspecified atom stereocenters. The van der Waals surface area contributed by atoms with Crippen LogP contribution in [0.1, 0.15) is 11.3 Å². The molecule has 2 nitrogen and oxygen atoms in total. The summed E-state index contributed by atoms with van der Waals surface area (Å²) in [4.78, 5) is 4.53. The van der Waals surface area contributed by atoms with Gasteiger partial charge in [-0.25, -0.2) is 8.78 Å². The van der Waals surface area contributed by atoms with Gasteiger partial charge in [0.25, 0.3) is 0 Å².